The maximum Gasteiger partial charge on any atom is 0.343 e. The van der Waals surface area contributed by atoms with Crippen LogP contribution in [0, 0.1) is 5.82 Å². The molecule has 1 aliphatic carbocycles. The fourth-order valence-corrected chi connectivity index (χ4v) is 3.72. The summed E-state index contributed by atoms with van der Waals surface area (Å²) in [5.41, 5.74) is 6.31. The maximum absolute atomic E-state index is 15.2. The summed E-state index contributed by atoms with van der Waals surface area (Å²) in [6, 6.07) is 1.36. The zero-order chi connectivity index (χ0) is 19.8. The molecule has 2 N–H and O–H groups in total. The average Bonchev–Trinajstić information content (AvgIpc) is 3.54. The van der Waals surface area contributed by atoms with E-state index in [1.807, 2.05) is 9.47 Å². The molecule has 1 saturated carbocycles. The van der Waals surface area contributed by atoms with Gasteiger partial charge in [-0.05, 0) is 18.9 Å². The van der Waals surface area contributed by atoms with Gasteiger partial charge in [-0.2, -0.15) is 0 Å². The van der Waals surface area contributed by atoms with E-state index < -0.39 is 17.2 Å². The number of anilines is 1. The summed E-state index contributed by atoms with van der Waals surface area (Å²) in [6.07, 6.45) is 3.36. The lowest BCUT2D eigenvalue weighted by Crippen LogP contribution is -2.32. The molecule has 9 heteroatoms. The largest absolute Gasteiger partial charge is 0.492 e. The summed E-state index contributed by atoms with van der Waals surface area (Å²) in [4.78, 5) is 26.9. The Labute approximate surface area is 161 Å². The highest BCUT2D eigenvalue weighted by Crippen LogP contribution is 2.43. The number of halogens is 1. The molecule has 1 aromatic carbocycles. The monoisotopic (exact) mass is 390 g/mol. The number of ether oxygens (including phenoxy) is 2. The van der Waals surface area contributed by atoms with Crippen LogP contribution in [0.2, 0.25) is 0 Å². The standard InChI is InChI=1S/C19H23FN4O4/c1-27-18-15-12(9-14(20)16(18)23-7-5-21-22-6-8-23)17(25)13(19(26)28-2)10-24(15)11-3-4-11/h9-11,21-22H,3-8H2,1-2H3. The number of nitrogens with zero attached hydrogens (tertiary/aromatic N) is 2. The van der Waals surface area contributed by atoms with Gasteiger partial charge in [0.25, 0.3) is 0 Å². The van der Waals surface area contributed by atoms with Gasteiger partial charge in [0, 0.05) is 38.4 Å². The van der Waals surface area contributed by atoms with E-state index in [1.54, 1.807) is 0 Å². The molecule has 2 fully saturated rings. The molecule has 2 aromatic rings. The number of carbonyl (C=O) groups excluding carboxylic acids is 1. The van der Waals surface area contributed by atoms with E-state index in [4.69, 9.17) is 9.47 Å². The normalized spacial score (nSPS) is 17.5. The Morgan fingerprint density at radius 3 is 2.46 bits per heavy atom. The molecule has 1 saturated heterocycles. The smallest absolute Gasteiger partial charge is 0.343 e. The summed E-state index contributed by atoms with van der Waals surface area (Å²) in [5.74, 6) is -0.959. The molecule has 2 aliphatic rings. The van der Waals surface area contributed by atoms with Crippen LogP contribution in [0.4, 0.5) is 10.1 Å². The number of carbonyl (C=O) groups is 1. The van der Waals surface area contributed by atoms with Gasteiger partial charge in [-0.25, -0.2) is 9.18 Å². The first-order valence-electron chi connectivity index (χ1n) is 9.31. The highest BCUT2D eigenvalue weighted by atomic mass is 19.1. The fourth-order valence-electron chi connectivity index (χ4n) is 3.72. The van der Waals surface area contributed by atoms with Crippen molar-refractivity contribution in [3.63, 3.8) is 0 Å². The second kappa shape index (κ2) is 7.40. The lowest BCUT2D eigenvalue weighted by Gasteiger charge is -2.26. The van der Waals surface area contributed by atoms with Gasteiger partial charge in [-0.3, -0.25) is 15.6 Å². The topological polar surface area (TPSA) is 84.8 Å². The van der Waals surface area contributed by atoms with Gasteiger partial charge in [0.1, 0.15) is 11.3 Å². The van der Waals surface area contributed by atoms with E-state index in [-0.39, 0.29) is 17.0 Å². The number of pyridine rings is 1. The Morgan fingerprint density at radius 1 is 1.21 bits per heavy atom. The van der Waals surface area contributed by atoms with Crippen LogP contribution < -0.4 is 25.9 Å². The molecular weight excluding hydrogens is 367 g/mol. The fraction of sp³-hybridized carbons (Fsp3) is 0.474. The van der Waals surface area contributed by atoms with Gasteiger partial charge in [0.2, 0.25) is 5.43 Å². The molecule has 150 valence electrons. The molecule has 1 aliphatic heterocycles. The Balaban J connectivity index is 2.01. The molecule has 8 nitrogen and oxygen atoms in total. The number of hydrogen-bond acceptors (Lipinski definition) is 7. The van der Waals surface area contributed by atoms with Gasteiger partial charge >= 0.3 is 5.97 Å². The van der Waals surface area contributed by atoms with Crippen LogP contribution in [0.25, 0.3) is 10.9 Å². The number of esters is 1. The van der Waals surface area contributed by atoms with Crippen molar-refractivity contribution in [1.29, 1.82) is 0 Å². The first-order valence-corrected chi connectivity index (χ1v) is 9.31. The van der Waals surface area contributed by atoms with Crippen LogP contribution in [-0.2, 0) is 4.74 Å². The molecular formula is C19H23FN4O4. The van der Waals surface area contributed by atoms with Crippen molar-refractivity contribution in [1.82, 2.24) is 15.4 Å². The minimum atomic E-state index is -0.727. The van der Waals surface area contributed by atoms with Crippen LogP contribution in [0.3, 0.4) is 0 Å². The Kier molecular flexibility index (Phi) is 4.94. The molecule has 4 rings (SSSR count). The molecule has 28 heavy (non-hydrogen) atoms. The van der Waals surface area contributed by atoms with E-state index in [9.17, 15) is 9.59 Å². The van der Waals surface area contributed by atoms with Crippen LogP contribution in [0.15, 0.2) is 17.1 Å². The van der Waals surface area contributed by atoms with Gasteiger partial charge in [0.15, 0.2) is 11.6 Å². The second-order valence-electron chi connectivity index (χ2n) is 6.98. The third-order valence-corrected chi connectivity index (χ3v) is 5.20. The number of nitrogens with one attached hydrogen (secondary N) is 2. The van der Waals surface area contributed by atoms with Gasteiger partial charge in [-0.1, -0.05) is 0 Å². The number of rotatable bonds is 4. The summed E-state index contributed by atoms with van der Waals surface area (Å²) in [6.45, 7) is 2.44. The first kappa shape index (κ1) is 18.7. The molecule has 0 unspecified atom stereocenters. The molecule has 2 heterocycles. The summed E-state index contributed by atoms with van der Waals surface area (Å²) in [7, 11) is 2.70. The number of methoxy groups -OCH3 is 2. The van der Waals surface area contributed by atoms with E-state index in [0.29, 0.717) is 43.1 Å². The first-order chi connectivity index (χ1) is 13.6. The van der Waals surface area contributed by atoms with E-state index in [1.165, 1.54) is 26.5 Å². The van der Waals surface area contributed by atoms with Crippen LogP contribution in [-0.4, -0.2) is 50.9 Å². The van der Waals surface area contributed by atoms with Gasteiger partial charge in [0.05, 0.1) is 25.1 Å². The van der Waals surface area contributed by atoms with Crippen molar-refractivity contribution in [2.45, 2.75) is 18.9 Å². The highest BCUT2D eigenvalue weighted by Gasteiger charge is 2.31. The third kappa shape index (κ3) is 3.10. The quantitative estimate of drug-likeness (QED) is 0.759. The molecule has 0 atom stereocenters. The number of hydrazine groups is 1. The van der Waals surface area contributed by atoms with Gasteiger partial charge < -0.3 is 18.9 Å². The van der Waals surface area contributed by atoms with Crippen LogP contribution in [0.5, 0.6) is 5.75 Å². The summed E-state index contributed by atoms with van der Waals surface area (Å²) in [5, 5.41) is 0.124. The van der Waals surface area contributed by atoms with Gasteiger partial charge in [-0.15, -0.1) is 0 Å². The minimum absolute atomic E-state index is 0.0979. The molecule has 0 amide bonds. The zero-order valence-electron chi connectivity index (χ0n) is 15.9. The highest BCUT2D eigenvalue weighted by molar-refractivity contribution is 5.97. The third-order valence-electron chi connectivity index (χ3n) is 5.20. The van der Waals surface area contributed by atoms with Crippen molar-refractivity contribution in [3.05, 3.63) is 33.9 Å². The lowest BCUT2D eigenvalue weighted by molar-refractivity contribution is 0.0598. The van der Waals surface area contributed by atoms with Crippen molar-refractivity contribution < 1.29 is 18.7 Å². The number of benzene rings is 1. The van der Waals surface area contributed by atoms with Crippen molar-refractivity contribution in [2.24, 2.45) is 0 Å². The SMILES string of the molecule is COC(=O)c1cn(C2CC2)c2c(OC)c(N3CCNNCC3)c(F)cc2c1=O. The van der Waals surface area contributed by atoms with E-state index in [0.717, 1.165) is 12.8 Å². The lowest BCUT2D eigenvalue weighted by atomic mass is 10.1. The van der Waals surface area contributed by atoms with Crippen molar-refractivity contribution in [2.75, 3.05) is 45.3 Å². The molecule has 1 aromatic heterocycles. The number of fused-ring (bicyclic) bond motifs is 1. The Morgan fingerprint density at radius 2 is 1.89 bits per heavy atom. The molecule has 0 spiro atoms. The second-order valence-corrected chi connectivity index (χ2v) is 6.98. The Hall–Kier alpha value is -2.65. The van der Waals surface area contributed by atoms with E-state index >= 15 is 4.39 Å². The molecule has 0 bridgehead atoms. The number of hydrogen-bond donors (Lipinski definition) is 2. The Bertz CT molecular complexity index is 978. The maximum atomic E-state index is 15.2. The molecule has 0 radical (unpaired) electrons. The number of aromatic nitrogens is 1. The van der Waals surface area contributed by atoms with Crippen LogP contribution in [0.1, 0.15) is 29.2 Å². The van der Waals surface area contributed by atoms with E-state index in [2.05, 4.69) is 10.9 Å². The zero-order valence-corrected chi connectivity index (χ0v) is 15.9. The minimum Gasteiger partial charge on any atom is -0.492 e. The van der Waals surface area contributed by atoms with Crippen molar-refractivity contribution in [3.8, 4) is 5.75 Å². The summed E-state index contributed by atoms with van der Waals surface area (Å²) < 4.78 is 27.4. The van der Waals surface area contributed by atoms with Crippen molar-refractivity contribution >= 4 is 22.6 Å². The predicted octanol–water partition coefficient (Wildman–Crippen LogP) is 1.18. The average molecular weight is 390 g/mol. The predicted molar refractivity (Wildman–Crippen MR) is 103 cm³/mol. The summed E-state index contributed by atoms with van der Waals surface area (Å²) >= 11 is 0. The van der Waals surface area contributed by atoms with Crippen LogP contribution >= 0.6 is 0 Å².